The molecule has 0 aromatic heterocycles. The zero-order chi connectivity index (χ0) is 25.1. The van der Waals surface area contributed by atoms with Crippen LogP contribution in [0.4, 0.5) is 8.78 Å². The number of rotatable bonds is 9. The number of hydrogen-bond acceptors (Lipinski definition) is 5. The average molecular weight is 489 g/mol. The van der Waals surface area contributed by atoms with Gasteiger partial charge in [-0.1, -0.05) is 19.1 Å². The molecular weight excluding hydrogens is 458 g/mol. The van der Waals surface area contributed by atoms with E-state index in [1.165, 1.54) is 11.6 Å². The summed E-state index contributed by atoms with van der Waals surface area (Å²) in [6.07, 6.45) is 2.58. The molecule has 9 heteroatoms. The van der Waals surface area contributed by atoms with Gasteiger partial charge in [-0.25, -0.2) is 8.78 Å². The van der Waals surface area contributed by atoms with E-state index in [-0.39, 0.29) is 18.3 Å². The van der Waals surface area contributed by atoms with Gasteiger partial charge in [-0.15, -0.1) is 0 Å². The first-order valence-electron chi connectivity index (χ1n) is 11.8. The molecular formula is C26H30F2N2O5. The Bertz CT molecular complexity index is 1070. The summed E-state index contributed by atoms with van der Waals surface area (Å²) in [5, 5.41) is 16.8. The summed E-state index contributed by atoms with van der Waals surface area (Å²) in [5.74, 6) is -2.12. The van der Waals surface area contributed by atoms with Crippen molar-refractivity contribution in [2.75, 3.05) is 13.2 Å². The largest absolute Gasteiger partial charge is 0.484 e. The van der Waals surface area contributed by atoms with E-state index in [0.717, 1.165) is 18.6 Å². The van der Waals surface area contributed by atoms with Gasteiger partial charge >= 0.3 is 0 Å². The van der Waals surface area contributed by atoms with Crippen LogP contribution in [0.5, 0.6) is 11.5 Å². The molecule has 0 radical (unpaired) electrons. The van der Waals surface area contributed by atoms with Crippen LogP contribution in [0.1, 0.15) is 44.6 Å². The van der Waals surface area contributed by atoms with Crippen molar-refractivity contribution >= 4 is 11.8 Å². The number of benzene rings is 2. The lowest BCUT2D eigenvalue weighted by Gasteiger charge is -2.56. The summed E-state index contributed by atoms with van der Waals surface area (Å²) in [7, 11) is 0. The number of halogens is 2. The Morgan fingerprint density at radius 3 is 2.11 bits per heavy atom. The van der Waals surface area contributed by atoms with Crippen molar-refractivity contribution in [1.82, 2.24) is 10.6 Å². The second-order valence-corrected chi connectivity index (χ2v) is 9.40. The number of aryl methyl sites for hydroxylation is 1. The number of aliphatic hydroxyl groups is 1. The molecule has 3 aliphatic carbocycles. The minimum atomic E-state index is -1.06. The topological polar surface area (TPSA) is 96.9 Å². The molecule has 0 saturated heterocycles. The molecule has 3 saturated carbocycles. The monoisotopic (exact) mass is 488 g/mol. The van der Waals surface area contributed by atoms with Crippen LogP contribution in [0.25, 0.3) is 0 Å². The summed E-state index contributed by atoms with van der Waals surface area (Å²) < 4.78 is 37.2. The SMILES string of the molecule is CCc1ccc(OCC(=O)NC23CCC(NC(=O)COc4ccc(F)c(F)c4)(CC2)[C@@H](O)C3)cc1. The maximum Gasteiger partial charge on any atom is 0.258 e. The van der Waals surface area contributed by atoms with Crippen molar-refractivity contribution in [3.8, 4) is 11.5 Å². The number of nitrogens with one attached hydrogen (secondary N) is 2. The predicted octanol–water partition coefficient (Wildman–Crippen LogP) is 3.03. The highest BCUT2D eigenvalue weighted by atomic mass is 19.2. The minimum Gasteiger partial charge on any atom is -0.484 e. The van der Waals surface area contributed by atoms with Crippen molar-refractivity contribution < 1.29 is 33.0 Å². The second kappa shape index (κ2) is 10.2. The molecule has 3 aliphatic rings. The van der Waals surface area contributed by atoms with Gasteiger partial charge in [0.25, 0.3) is 11.8 Å². The molecule has 1 atom stereocenters. The van der Waals surface area contributed by atoms with Crippen molar-refractivity contribution in [2.24, 2.45) is 0 Å². The zero-order valence-electron chi connectivity index (χ0n) is 19.6. The van der Waals surface area contributed by atoms with Gasteiger partial charge in [-0.3, -0.25) is 9.59 Å². The molecule has 188 valence electrons. The van der Waals surface area contributed by atoms with Crippen LogP contribution in [-0.2, 0) is 16.0 Å². The van der Waals surface area contributed by atoms with E-state index in [2.05, 4.69) is 17.6 Å². The summed E-state index contributed by atoms with van der Waals surface area (Å²) in [4.78, 5) is 25.0. The molecule has 0 heterocycles. The van der Waals surface area contributed by atoms with E-state index in [4.69, 9.17) is 9.47 Å². The van der Waals surface area contributed by atoms with Gasteiger partial charge in [0, 0.05) is 11.6 Å². The first-order chi connectivity index (χ1) is 16.7. The third kappa shape index (κ3) is 5.73. The predicted molar refractivity (Wildman–Crippen MR) is 124 cm³/mol. The van der Waals surface area contributed by atoms with E-state index in [0.29, 0.717) is 37.9 Å². The standard InChI is InChI=1S/C26H30F2N2O5/c1-2-17-3-5-18(6-4-17)34-15-23(32)29-25-9-11-26(12-10-25,22(31)14-25)30-24(33)16-35-19-7-8-20(27)21(28)13-19/h3-8,13,22,31H,2,9-12,14-16H2,1H3,(H,29,32)(H,30,33)/t22-,25?,26?/m0/s1. The molecule has 0 spiro atoms. The smallest absolute Gasteiger partial charge is 0.258 e. The van der Waals surface area contributed by atoms with Crippen molar-refractivity contribution in [3.05, 3.63) is 59.7 Å². The van der Waals surface area contributed by atoms with Crippen molar-refractivity contribution in [2.45, 2.75) is 62.6 Å². The van der Waals surface area contributed by atoms with Gasteiger partial charge in [0.15, 0.2) is 24.8 Å². The number of amides is 2. The number of fused-ring (bicyclic) bond motifs is 3. The van der Waals surface area contributed by atoms with Gasteiger partial charge in [0.1, 0.15) is 11.5 Å². The van der Waals surface area contributed by atoms with Crippen LogP contribution in [0.3, 0.4) is 0 Å². The quantitative estimate of drug-likeness (QED) is 0.504. The van der Waals surface area contributed by atoms with E-state index in [1.807, 2.05) is 24.3 Å². The Labute approximate surface area is 202 Å². The Balaban J connectivity index is 1.26. The van der Waals surface area contributed by atoms with E-state index < -0.39 is 41.3 Å². The lowest BCUT2D eigenvalue weighted by molar-refractivity contribution is -0.137. The Kier molecular flexibility index (Phi) is 7.25. The number of carbonyl (C=O) groups excluding carboxylic acids is 2. The first kappa shape index (κ1) is 24.9. The lowest BCUT2D eigenvalue weighted by atomic mass is 9.60. The second-order valence-electron chi connectivity index (χ2n) is 9.40. The van der Waals surface area contributed by atoms with E-state index >= 15 is 0 Å². The van der Waals surface area contributed by atoms with Crippen LogP contribution in [0, 0.1) is 11.6 Å². The maximum absolute atomic E-state index is 13.3. The maximum atomic E-state index is 13.3. The summed E-state index contributed by atoms with van der Waals surface area (Å²) in [5.41, 5.74) is -0.162. The highest BCUT2D eigenvalue weighted by Gasteiger charge is 2.55. The molecule has 35 heavy (non-hydrogen) atoms. The summed E-state index contributed by atoms with van der Waals surface area (Å²) in [6, 6.07) is 10.6. The average Bonchev–Trinajstić information content (AvgIpc) is 2.85. The zero-order valence-corrected chi connectivity index (χ0v) is 19.6. The van der Waals surface area contributed by atoms with E-state index in [1.54, 1.807) is 0 Å². The van der Waals surface area contributed by atoms with Gasteiger partial charge in [0.2, 0.25) is 0 Å². The molecule has 2 aromatic carbocycles. The summed E-state index contributed by atoms with van der Waals surface area (Å²) in [6.45, 7) is 1.56. The highest BCUT2D eigenvalue weighted by Crippen LogP contribution is 2.47. The van der Waals surface area contributed by atoms with Crippen LogP contribution >= 0.6 is 0 Å². The lowest BCUT2D eigenvalue weighted by Crippen LogP contribution is -2.70. The molecule has 2 amide bonds. The third-order valence-electron chi connectivity index (χ3n) is 7.08. The Hall–Kier alpha value is -3.20. The highest BCUT2D eigenvalue weighted by molar-refractivity contribution is 5.79. The van der Waals surface area contributed by atoms with Gasteiger partial charge in [-0.2, -0.15) is 0 Å². The number of carbonyl (C=O) groups is 2. The van der Waals surface area contributed by atoms with Crippen LogP contribution in [-0.4, -0.2) is 47.3 Å². The fraction of sp³-hybridized carbons (Fsp3) is 0.462. The molecule has 0 aliphatic heterocycles. The first-order valence-corrected chi connectivity index (χ1v) is 11.8. The molecule has 5 rings (SSSR count). The number of ether oxygens (including phenoxy) is 2. The fourth-order valence-electron chi connectivity index (χ4n) is 4.99. The molecule has 3 fully saturated rings. The molecule has 3 N–H and O–H groups in total. The summed E-state index contributed by atoms with van der Waals surface area (Å²) >= 11 is 0. The molecule has 7 nitrogen and oxygen atoms in total. The van der Waals surface area contributed by atoms with Crippen LogP contribution in [0.2, 0.25) is 0 Å². The molecule has 0 unspecified atom stereocenters. The molecule has 2 aromatic rings. The minimum absolute atomic E-state index is 0.0367. The van der Waals surface area contributed by atoms with E-state index in [9.17, 15) is 23.5 Å². The number of aliphatic hydroxyl groups excluding tert-OH is 1. The van der Waals surface area contributed by atoms with Gasteiger partial charge in [0.05, 0.1) is 11.6 Å². The van der Waals surface area contributed by atoms with Crippen LogP contribution < -0.4 is 20.1 Å². The normalized spacial score (nSPS) is 25.1. The van der Waals surface area contributed by atoms with Crippen LogP contribution in [0.15, 0.2) is 42.5 Å². The molecule has 2 bridgehead atoms. The van der Waals surface area contributed by atoms with Crippen molar-refractivity contribution in [3.63, 3.8) is 0 Å². The number of hydrogen-bond donors (Lipinski definition) is 3. The van der Waals surface area contributed by atoms with Gasteiger partial charge < -0.3 is 25.2 Å². The Morgan fingerprint density at radius 1 is 0.914 bits per heavy atom. The van der Waals surface area contributed by atoms with Gasteiger partial charge in [-0.05, 0) is 68.4 Å². The third-order valence-corrected chi connectivity index (χ3v) is 7.08. The van der Waals surface area contributed by atoms with Crippen molar-refractivity contribution in [1.29, 1.82) is 0 Å². The Morgan fingerprint density at radius 2 is 1.51 bits per heavy atom. The fourth-order valence-corrected chi connectivity index (χ4v) is 4.99.